The topological polar surface area (TPSA) is 130 Å². The lowest BCUT2D eigenvalue weighted by molar-refractivity contribution is -0.129. The predicted octanol–water partition coefficient (Wildman–Crippen LogP) is 2.42. The maximum Gasteiger partial charge on any atom is 0.256 e. The van der Waals surface area contributed by atoms with E-state index in [1.165, 1.54) is 46.8 Å². The van der Waals surface area contributed by atoms with Crippen LogP contribution in [0.5, 0.6) is 0 Å². The zero-order valence-electron chi connectivity index (χ0n) is 19.2. The molecule has 2 aromatic rings. The lowest BCUT2D eigenvalue weighted by atomic mass is 10.0. The Labute approximate surface area is 203 Å². The molecule has 1 fully saturated rings. The first-order valence-electron chi connectivity index (χ1n) is 11.2. The summed E-state index contributed by atoms with van der Waals surface area (Å²) in [5.74, 6) is -0.854. The maximum absolute atomic E-state index is 13.0. The van der Waals surface area contributed by atoms with Gasteiger partial charge in [0, 0.05) is 37.0 Å². The summed E-state index contributed by atoms with van der Waals surface area (Å²) in [6.45, 7) is 5.37. The van der Waals surface area contributed by atoms with Crippen LogP contribution in [0.1, 0.15) is 57.8 Å². The van der Waals surface area contributed by atoms with Gasteiger partial charge in [-0.1, -0.05) is 6.92 Å². The first kappa shape index (κ1) is 24.4. The van der Waals surface area contributed by atoms with Crippen LogP contribution in [0.4, 0.5) is 5.00 Å². The number of hydrogen-bond acceptors (Lipinski definition) is 6. The average molecular weight is 505 g/mol. The average Bonchev–Trinajstić information content (AvgIpc) is 3.16. The lowest BCUT2D eigenvalue weighted by Crippen LogP contribution is -2.39. The molecule has 0 aliphatic carbocycles. The Kier molecular flexibility index (Phi) is 6.79. The van der Waals surface area contributed by atoms with Crippen LogP contribution in [0, 0.1) is 5.92 Å². The first-order chi connectivity index (χ1) is 16.1. The van der Waals surface area contributed by atoms with Crippen LogP contribution in [-0.4, -0.2) is 55.0 Å². The van der Waals surface area contributed by atoms with Gasteiger partial charge in [-0.15, -0.1) is 11.3 Å². The van der Waals surface area contributed by atoms with Gasteiger partial charge in [0.05, 0.1) is 17.0 Å². The van der Waals surface area contributed by atoms with Crippen molar-refractivity contribution in [1.29, 1.82) is 0 Å². The van der Waals surface area contributed by atoms with Gasteiger partial charge in [-0.25, -0.2) is 8.42 Å². The second kappa shape index (κ2) is 9.47. The van der Waals surface area contributed by atoms with Gasteiger partial charge < -0.3 is 16.0 Å². The van der Waals surface area contributed by atoms with Crippen molar-refractivity contribution < 1.29 is 22.8 Å². The van der Waals surface area contributed by atoms with Crippen molar-refractivity contribution in [3.63, 3.8) is 0 Å². The molecular formula is C23H28N4O5S2. The normalized spacial score (nSPS) is 18.9. The van der Waals surface area contributed by atoms with E-state index in [1.54, 1.807) is 4.90 Å². The minimum absolute atomic E-state index is 0.0562. The van der Waals surface area contributed by atoms with Crippen molar-refractivity contribution in [1.82, 2.24) is 9.21 Å². The maximum atomic E-state index is 13.0. The quantitative estimate of drug-likeness (QED) is 0.646. The Morgan fingerprint density at radius 3 is 2.47 bits per heavy atom. The zero-order valence-corrected chi connectivity index (χ0v) is 20.8. The zero-order chi connectivity index (χ0) is 24.6. The number of amides is 3. The number of carbonyl (C=O) groups is 3. The van der Waals surface area contributed by atoms with Gasteiger partial charge >= 0.3 is 0 Å². The summed E-state index contributed by atoms with van der Waals surface area (Å²) in [6.07, 6.45) is 2.33. The van der Waals surface area contributed by atoms with Crippen LogP contribution in [0.3, 0.4) is 0 Å². The molecule has 2 aliphatic rings. The fraction of sp³-hybridized carbons (Fsp3) is 0.435. The van der Waals surface area contributed by atoms with E-state index in [0.717, 1.165) is 23.3 Å². The summed E-state index contributed by atoms with van der Waals surface area (Å²) in [7, 11) is -3.62. The van der Waals surface area contributed by atoms with Gasteiger partial charge in [0.1, 0.15) is 5.00 Å². The summed E-state index contributed by atoms with van der Waals surface area (Å²) >= 11 is 1.23. The van der Waals surface area contributed by atoms with Crippen molar-refractivity contribution in [2.75, 3.05) is 25.0 Å². The highest BCUT2D eigenvalue weighted by molar-refractivity contribution is 7.89. The third-order valence-corrected chi connectivity index (χ3v) is 9.36. The molecule has 1 atom stereocenters. The summed E-state index contributed by atoms with van der Waals surface area (Å²) in [6, 6.07) is 5.79. The number of primary amides is 1. The molecule has 0 unspecified atom stereocenters. The monoisotopic (exact) mass is 504 g/mol. The molecular weight excluding hydrogens is 476 g/mol. The molecule has 0 saturated carbocycles. The van der Waals surface area contributed by atoms with Gasteiger partial charge in [-0.3, -0.25) is 14.4 Å². The SMILES string of the molecule is CC(=O)N1CCc2c(sc(NC(=O)c3ccc(S(=O)(=O)N4CCC[C@@H](C)C4)cc3)c2C(N)=O)C1. The van der Waals surface area contributed by atoms with E-state index in [1.807, 2.05) is 6.92 Å². The Hall–Kier alpha value is -2.76. The molecule has 0 radical (unpaired) electrons. The largest absolute Gasteiger partial charge is 0.365 e. The molecule has 3 heterocycles. The van der Waals surface area contributed by atoms with Crippen LogP contribution in [0.2, 0.25) is 0 Å². The van der Waals surface area contributed by atoms with Gasteiger partial charge in [0.2, 0.25) is 15.9 Å². The highest BCUT2D eigenvalue weighted by Crippen LogP contribution is 2.37. The number of carbonyl (C=O) groups excluding carboxylic acids is 3. The summed E-state index contributed by atoms with van der Waals surface area (Å²) < 4.78 is 27.4. The second-order valence-corrected chi connectivity index (χ2v) is 11.9. The third kappa shape index (κ3) is 4.73. The molecule has 1 aromatic carbocycles. The Balaban J connectivity index is 1.53. The molecule has 3 amide bonds. The first-order valence-corrected chi connectivity index (χ1v) is 13.4. The van der Waals surface area contributed by atoms with E-state index in [4.69, 9.17) is 5.73 Å². The van der Waals surface area contributed by atoms with Crippen LogP contribution in [-0.2, 0) is 27.8 Å². The van der Waals surface area contributed by atoms with E-state index in [9.17, 15) is 22.8 Å². The lowest BCUT2D eigenvalue weighted by Gasteiger charge is -2.30. The third-order valence-electron chi connectivity index (χ3n) is 6.35. The van der Waals surface area contributed by atoms with Crippen molar-refractivity contribution in [3.8, 4) is 0 Å². The number of nitrogens with zero attached hydrogens (tertiary/aromatic N) is 2. The molecule has 182 valence electrons. The number of nitrogens with two attached hydrogens (primary N) is 1. The Morgan fingerprint density at radius 2 is 1.85 bits per heavy atom. The molecule has 11 heteroatoms. The predicted molar refractivity (Wildman–Crippen MR) is 129 cm³/mol. The van der Waals surface area contributed by atoms with Crippen LogP contribution in [0.15, 0.2) is 29.2 Å². The standard InChI is InChI=1S/C23H28N4O5S2/c1-14-4-3-10-27(12-14)34(31,32)17-7-5-16(6-8-17)22(30)25-23-20(21(24)29)18-9-11-26(15(2)28)13-19(18)33-23/h5-8,14H,3-4,9-13H2,1-2H3,(H2,24,29)(H,25,30)/t14-/m1/s1. The fourth-order valence-electron chi connectivity index (χ4n) is 4.49. The van der Waals surface area contributed by atoms with E-state index in [2.05, 4.69) is 5.32 Å². The van der Waals surface area contributed by atoms with Crippen molar-refractivity contribution in [2.45, 2.75) is 44.6 Å². The van der Waals surface area contributed by atoms with Gasteiger partial charge in [0.25, 0.3) is 11.8 Å². The molecule has 4 rings (SSSR count). The van der Waals surface area contributed by atoms with E-state index in [-0.39, 0.29) is 21.9 Å². The highest BCUT2D eigenvalue weighted by atomic mass is 32.2. The number of fused-ring (bicyclic) bond motifs is 1. The number of anilines is 1. The minimum Gasteiger partial charge on any atom is -0.365 e. The van der Waals surface area contributed by atoms with Crippen LogP contribution < -0.4 is 11.1 Å². The van der Waals surface area contributed by atoms with E-state index >= 15 is 0 Å². The van der Waals surface area contributed by atoms with Gasteiger partial charge in [-0.05, 0) is 55.0 Å². The molecule has 2 aliphatic heterocycles. The number of rotatable bonds is 5. The second-order valence-electron chi connectivity index (χ2n) is 8.85. The summed E-state index contributed by atoms with van der Waals surface area (Å²) in [5, 5.41) is 3.09. The Bertz CT molecular complexity index is 1240. The van der Waals surface area contributed by atoms with Crippen molar-refractivity contribution in [3.05, 3.63) is 45.8 Å². The number of piperidine rings is 1. The molecule has 0 spiro atoms. The van der Waals surface area contributed by atoms with E-state index in [0.29, 0.717) is 43.5 Å². The van der Waals surface area contributed by atoms with Crippen LogP contribution >= 0.6 is 11.3 Å². The van der Waals surface area contributed by atoms with E-state index < -0.39 is 21.8 Å². The summed E-state index contributed by atoms with van der Waals surface area (Å²) in [5.41, 5.74) is 6.91. The number of hydrogen-bond donors (Lipinski definition) is 2. The van der Waals surface area contributed by atoms with Crippen molar-refractivity contribution in [2.24, 2.45) is 11.7 Å². The summed E-state index contributed by atoms with van der Waals surface area (Å²) in [4.78, 5) is 39.4. The minimum atomic E-state index is -3.62. The van der Waals surface area contributed by atoms with Gasteiger partial charge in [-0.2, -0.15) is 4.31 Å². The molecule has 1 aromatic heterocycles. The fourth-order valence-corrected chi connectivity index (χ4v) is 7.35. The molecule has 0 bridgehead atoms. The number of thiophene rings is 1. The molecule has 34 heavy (non-hydrogen) atoms. The molecule has 3 N–H and O–H groups in total. The molecule has 1 saturated heterocycles. The number of sulfonamides is 1. The number of benzene rings is 1. The molecule has 9 nitrogen and oxygen atoms in total. The highest BCUT2D eigenvalue weighted by Gasteiger charge is 2.30. The smallest absolute Gasteiger partial charge is 0.256 e. The number of nitrogens with one attached hydrogen (secondary N) is 1. The van der Waals surface area contributed by atoms with Crippen molar-refractivity contribution >= 4 is 44.1 Å². The van der Waals surface area contributed by atoms with Gasteiger partial charge in [0.15, 0.2) is 0 Å². The Morgan fingerprint density at radius 1 is 1.15 bits per heavy atom. The van der Waals surface area contributed by atoms with Crippen LogP contribution in [0.25, 0.3) is 0 Å².